The van der Waals surface area contributed by atoms with Gasteiger partial charge in [0.15, 0.2) is 6.10 Å². The molecule has 1 atom stereocenters. The molecular formula is C11H12O5. The Morgan fingerprint density at radius 2 is 1.81 bits per heavy atom. The van der Waals surface area contributed by atoms with Crippen molar-refractivity contribution in [1.82, 2.24) is 0 Å². The summed E-state index contributed by atoms with van der Waals surface area (Å²) in [7, 11) is 0. The fraction of sp³-hybridized carbons (Fsp3) is 0.273. The van der Waals surface area contributed by atoms with Crippen LogP contribution in [0.3, 0.4) is 0 Å². The predicted octanol–water partition coefficient (Wildman–Crippen LogP) is 0.822. The van der Waals surface area contributed by atoms with Gasteiger partial charge in [-0.3, -0.25) is 4.79 Å². The van der Waals surface area contributed by atoms with Crippen LogP contribution < -0.4 is 0 Å². The Balaban J connectivity index is 2.91. The van der Waals surface area contributed by atoms with Crippen LogP contribution in [0.5, 0.6) is 0 Å². The Labute approximate surface area is 92.0 Å². The molecule has 0 saturated carbocycles. The van der Waals surface area contributed by atoms with Crippen molar-refractivity contribution in [3.05, 3.63) is 35.4 Å². The Kier molecular flexibility index (Phi) is 4.02. The highest BCUT2D eigenvalue weighted by Gasteiger charge is 2.18. The van der Waals surface area contributed by atoms with Crippen molar-refractivity contribution < 1.29 is 24.9 Å². The monoisotopic (exact) mass is 224 g/mol. The van der Waals surface area contributed by atoms with E-state index < -0.39 is 18.0 Å². The Hall–Kier alpha value is -1.88. The van der Waals surface area contributed by atoms with Gasteiger partial charge < -0.3 is 15.3 Å². The fourth-order valence-electron chi connectivity index (χ4n) is 1.40. The third-order valence-electron chi connectivity index (χ3n) is 2.19. The molecule has 0 radical (unpaired) electrons. The van der Waals surface area contributed by atoms with Crippen LogP contribution in [0.25, 0.3) is 0 Å². The van der Waals surface area contributed by atoms with E-state index in [2.05, 4.69) is 0 Å². The largest absolute Gasteiger partial charge is 0.481 e. The first-order valence-electron chi connectivity index (χ1n) is 4.73. The molecular weight excluding hydrogens is 212 g/mol. The quantitative estimate of drug-likeness (QED) is 0.688. The van der Waals surface area contributed by atoms with Crippen LogP contribution in [-0.2, 0) is 16.0 Å². The molecule has 86 valence electrons. The molecule has 0 aliphatic rings. The number of rotatable bonds is 5. The summed E-state index contributed by atoms with van der Waals surface area (Å²) in [6, 6.07) is 6.38. The van der Waals surface area contributed by atoms with Gasteiger partial charge in [-0.15, -0.1) is 0 Å². The summed E-state index contributed by atoms with van der Waals surface area (Å²) < 4.78 is 0. The summed E-state index contributed by atoms with van der Waals surface area (Å²) in [5, 5.41) is 26.6. The third kappa shape index (κ3) is 3.06. The lowest BCUT2D eigenvalue weighted by Crippen LogP contribution is -2.13. The first-order valence-corrected chi connectivity index (χ1v) is 4.73. The molecule has 0 fully saturated rings. The summed E-state index contributed by atoms with van der Waals surface area (Å²) in [5.41, 5.74) is 0.788. The molecule has 0 aliphatic heterocycles. The van der Waals surface area contributed by atoms with Crippen LogP contribution in [0.15, 0.2) is 24.3 Å². The molecule has 0 aromatic heterocycles. The summed E-state index contributed by atoms with van der Waals surface area (Å²) in [5.74, 6) is -2.30. The van der Waals surface area contributed by atoms with E-state index in [1.807, 2.05) is 0 Å². The van der Waals surface area contributed by atoms with Gasteiger partial charge in [-0.2, -0.15) is 0 Å². The van der Waals surface area contributed by atoms with Gasteiger partial charge >= 0.3 is 11.9 Å². The first kappa shape index (κ1) is 12.2. The number of carbonyl (C=O) groups is 2. The molecule has 3 N–H and O–H groups in total. The summed E-state index contributed by atoms with van der Waals surface area (Å²) in [6.45, 7) is 0. The molecule has 5 nitrogen and oxygen atoms in total. The van der Waals surface area contributed by atoms with Crippen molar-refractivity contribution >= 4 is 11.9 Å². The van der Waals surface area contributed by atoms with Crippen LogP contribution >= 0.6 is 0 Å². The van der Waals surface area contributed by atoms with E-state index in [1.54, 1.807) is 18.2 Å². The lowest BCUT2D eigenvalue weighted by molar-refractivity contribution is -0.147. The van der Waals surface area contributed by atoms with Crippen molar-refractivity contribution in [3.63, 3.8) is 0 Å². The zero-order valence-electron chi connectivity index (χ0n) is 8.46. The van der Waals surface area contributed by atoms with E-state index >= 15 is 0 Å². The zero-order valence-corrected chi connectivity index (χ0v) is 8.46. The molecule has 5 heteroatoms. The van der Waals surface area contributed by atoms with E-state index in [9.17, 15) is 14.7 Å². The van der Waals surface area contributed by atoms with Gasteiger partial charge in [-0.05, 0) is 17.5 Å². The highest BCUT2D eigenvalue weighted by atomic mass is 16.4. The number of carboxylic acids is 2. The van der Waals surface area contributed by atoms with Gasteiger partial charge in [-0.1, -0.05) is 24.3 Å². The Morgan fingerprint density at radius 1 is 1.19 bits per heavy atom. The van der Waals surface area contributed by atoms with Gasteiger partial charge in [0.1, 0.15) is 0 Å². The number of aliphatic hydroxyl groups excluding tert-OH is 1. The predicted molar refractivity (Wildman–Crippen MR) is 55.0 cm³/mol. The molecule has 1 rings (SSSR count). The average Bonchev–Trinajstić information content (AvgIpc) is 2.25. The second kappa shape index (κ2) is 5.27. The van der Waals surface area contributed by atoms with Crippen LogP contribution in [-0.4, -0.2) is 27.3 Å². The van der Waals surface area contributed by atoms with Crippen molar-refractivity contribution in [2.24, 2.45) is 0 Å². The first-order chi connectivity index (χ1) is 7.52. The maximum Gasteiger partial charge on any atom is 0.337 e. The minimum atomic E-state index is -1.61. The van der Waals surface area contributed by atoms with E-state index in [4.69, 9.17) is 10.2 Å². The number of aryl methyl sites for hydroxylation is 1. The van der Waals surface area contributed by atoms with Crippen molar-refractivity contribution in [1.29, 1.82) is 0 Å². The van der Waals surface area contributed by atoms with Crippen LogP contribution in [0, 0.1) is 0 Å². The molecule has 0 bridgehead atoms. The summed E-state index contributed by atoms with van der Waals surface area (Å²) >= 11 is 0. The number of hydrogen-bond acceptors (Lipinski definition) is 3. The lowest BCUT2D eigenvalue weighted by Gasteiger charge is -2.11. The molecule has 0 amide bonds. The summed E-state index contributed by atoms with van der Waals surface area (Å²) in [6.07, 6.45) is -1.50. The standard InChI is InChI=1S/C11H12O5/c12-9(13)6-5-7-3-1-2-4-8(7)10(14)11(15)16/h1-4,10,14H,5-6H2,(H,12,13)(H,15,16). The highest BCUT2D eigenvalue weighted by Crippen LogP contribution is 2.19. The van der Waals surface area contributed by atoms with Crippen LogP contribution in [0.1, 0.15) is 23.7 Å². The normalized spacial score (nSPS) is 12.1. The van der Waals surface area contributed by atoms with E-state index in [0.29, 0.717) is 5.56 Å². The van der Waals surface area contributed by atoms with Crippen LogP contribution in [0.4, 0.5) is 0 Å². The van der Waals surface area contributed by atoms with Gasteiger partial charge in [0, 0.05) is 6.42 Å². The van der Waals surface area contributed by atoms with Gasteiger partial charge in [-0.25, -0.2) is 4.79 Å². The fourth-order valence-corrected chi connectivity index (χ4v) is 1.40. The van der Waals surface area contributed by atoms with Gasteiger partial charge in [0.2, 0.25) is 0 Å². The topological polar surface area (TPSA) is 94.8 Å². The highest BCUT2D eigenvalue weighted by molar-refractivity contribution is 5.74. The molecule has 1 aromatic carbocycles. The number of aliphatic carboxylic acids is 2. The summed E-state index contributed by atoms with van der Waals surface area (Å²) in [4.78, 5) is 21.0. The number of benzene rings is 1. The van der Waals surface area contributed by atoms with Gasteiger partial charge in [0.05, 0.1) is 0 Å². The Bertz CT molecular complexity index is 399. The molecule has 1 aromatic rings. The Morgan fingerprint density at radius 3 is 2.38 bits per heavy atom. The molecule has 0 aliphatic carbocycles. The van der Waals surface area contributed by atoms with Gasteiger partial charge in [0.25, 0.3) is 0 Å². The average molecular weight is 224 g/mol. The SMILES string of the molecule is O=C(O)CCc1ccccc1C(O)C(=O)O. The van der Waals surface area contributed by atoms with E-state index in [1.165, 1.54) is 6.07 Å². The van der Waals surface area contributed by atoms with Crippen molar-refractivity contribution in [2.45, 2.75) is 18.9 Å². The minimum Gasteiger partial charge on any atom is -0.481 e. The second-order valence-electron chi connectivity index (χ2n) is 3.33. The maximum absolute atomic E-state index is 10.6. The number of carboxylic acid groups (broad SMARTS) is 2. The number of hydrogen-bond donors (Lipinski definition) is 3. The van der Waals surface area contributed by atoms with E-state index in [0.717, 1.165) is 0 Å². The minimum absolute atomic E-state index is 0.0939. The molecule has 0 saturated heterocycles. The zero-order chi connectivity index (χ0) is 12.1. The molecule has 0 heterocycles. The van der Waals surface area contributed by atoms with Crippen molar-refractivity contribution in [2.75, 3.05) is 0 Å². The second-order valence-corrected chi connectivity index (χ2v) is 3.33. The third-order valence-corrected chi connectivity index (χ3v) is 2.19. The molecule has 1 unspecified atom stereocenters. The number of aliphatic hydroxyl groups is 1. The maximum atomic E-state index is 10.6. The molecule has 0 spiro atoms. The smallest absolute Gasteiger partial charge is 0.337 e. The van der Waals surface area contributed by atoms with Crippen molar-refractivity contribution in [3.8, 4) is 0 Å². The lowest BCUT2D eigenvalue weighted by atomic mass is 9.99. The van der Waals surface area contributed by atoms with Crippen LogP contribution in [0.2, 0.25) is 0 Å². The van der Waals surface area contributed by atoms with E-state index in [-0.39, 0.29) is 18.4 Å². The molecule has 16 heavy (non-hydrogen) atoms.